The molecule has 1 amide bonds. The molecule has 1 saturated carbocycles. The third-order valence-corrected chi connectivity index (χ3v) is 4.22. The number of anilines is 2. The minimum absolute atomic E-state index is 0.135. The number of carbonyl (C=O) groups excluding carboxylic acids is 1. The third-order valence-electron chi connectivity index (χ3n) is 4.22. The van der Waals surface area contributed by atoms with Gasteiger partial charge in [-0.3, -0.25) is 4.79 Å². The van der Waals surface area contributed by atoms with Gasteiger partial charge in [-0.2, -0.15) is 0 Å². The number of phenols is 1. The van der Waals surface area contributed by atoms with Crippen molar-refractivity contribution < 1.29 is 9.90 Å². The van der Waals surface area contributed by atoms with Crippen molar-refractivity contribution in [3.8, 4) is 5.75 Å². The van der Waals surface area contributed by atoms with Gasteiger partial charge in [0.25, 0.3) is 0 Å². The fraction of sp³-hybridized carbons (Fsp3) is 0.500. The average Bonchev–Trinajstić information content (AvgIpc) is 2.77. The van der Waals surface area contributed by atoms with Crippen molar-refractivity contribution in [3.05, 3.63) is 18.2 Å². The molecule has 2 N–H and O–H groups in total. The molecule has 1 heterocycles. The summed E-state index contributed by atoms with van der Waals surface area (Å²) >= 11 is 0. The molecule has 0 radical (unpaired) electrons. The first kappa shape index (κ1) is 11.4. The monoisotopic (exact) mass is 246 g/mol. The van der Waals surface area contributed by atoms with Crippen LogP contribution in [0.1, 0.15) is 25.7 Å². The Kier molecular flexibility index (Phi) is 2.47. The summed E-state index contributed by atoms with van der Waals surface area (Å²) < 4.78 is 0. The number of hydrogen-bond donors (Lipinski definition) is 2. The summed E-state index contributed by atoms with van der Waals surface area (Å²) in [7, 11) is 1.98. The molecule has 96 valence electrons. The maximum absolute atomic E-state index is 12.4. The Hall–Kier alpha value is -1.71. The smallest absolute Gasteiger partial charge is 0.232 e. The molecule has 1 spiro atoms. The van der Waals surface area contributed by atoms with Crippen LogP contribution >= 0.6 is 0 Å². The highest BCUT2D eigenvalue weighted by atomic mass is 16.3. The van der Waals surface area contributed by atoms with Gasteiger partial charge < -0.3 is 15.3 Å². The second-order valence-electron chi connectivity index (χ2n) is 5.50. The van der Waals surface area contributed by atoms with Gasteiger partial charge in [-0.1, -0.05) is 12.8 Å². The first-order valence-corrected chi connectivity index (χ1v) is 6.46. The van der Waals surface area contributed by atoms with Crippen LogP contribution in [0.5, 0.6) is 5.75 Å². The number of hydrogen-bond acceptors (Lipinski definition) is 3. The van der Waals surface area contributed by atoms with Crippen molar-refractivity contribution in [3.63, 3.8) is 0 Å². The molecule has 0 aromatic heterocycles. The van der Waals surface area contributed by atoms with Crippen LogP contribution in [0.4, 0.5) is 11.4 Å². The first-order chi connectivity index (χ1) is 8.61. The maximum atomic E-state index is 12.4. The number of benzene rings is 1. The Morgan fingerprint density at radius 3 is 2.78 bits per heavy atom. The van der Waals surface area contributed by atoms with E-state index in [2.05, 4.69) is 10.2 Å². The highest BCUT2D eigenvalue weighted by Gasteiger charge is 2.44. The average molecular weight is 246 g/mol. The Morgan fingerprint density at radius 2 is 2.06 bits per heavy atom. The highest BCUT2D eigenvalue weighted by molar-refractivity contribution is 6.00. The number of fused-ring (bicyclic) bond motifs is 1. The van der Waals surface area contributed by atoms with Crippen molar-refractivity contribution in [2.24, 2.45) is 5.41 Å². The zero-order valence-electron chi connectivity index (χ0n) is 10.6. The topological polar surface area (TPSA) is 52.6 Å². The van der Waals surface area contributed by atoms with Crippen molar-refractivity contribution in [1.29, 1.82) is 0 Å². The second kappa shape index (κ2) is 3.90. The lowest BCUT2D eigenvalue weighted by molar-refractivity contribution is -0.124. The summed E-state index contributed by atoms with van der Waals surface area (Å²) in [6.07, 6.45) is 4.18. The van der Waals surface area contributed by atoms with E-state index < -0.39 is 0 Å². The fourth-order valence-electron chi connectivity index (χ4n) is 3.24. The van der Waals surface area contributed by atoms with Gasteiger partial charge in [-0.15, -0.1) is 0 Å². The quantitative estimate of drug-likeness (QED) is 0.691. The standard InChI is InChI=1S/C14H18N2O2/c1-16-9-14(6-2-3-7-14)13(18)15-11-5-4-10(17)8-12(11)16/h4-5,8,17H,2-3,6-7,9H2,1H3,(H,15,18). The van der Waals surface area contributed by atoms with Gasteiger partial charge >= 0.3 is 0 Å². The number of carbonyl (C=O) groups is 1. The van der Waals surface area contributed by atoms with E-state index in [9.17, 15) is 9.90 Å². The molecular formula is C14H18N2O2. The van der Waals surface area contributed by atoms with E-state index in [0.717, 1.165) is 43.6 Å². The number of nitrogens with one attached hydrogen (secondary N) is 1. The molecule has 4 nitrogen and oxygen atoms in total. The lowest BCUT2D eigenvalue weighted by atomic mass is 9.85. The minimum atomic E-state index is -0.247. The van der Waals surface area contributed by atoms with Crippen molar-refractivity contribution >= 4 is 17.3 Å². The summed E-state index contributed by atoms with van der Waals surface area (Å²) in [4.78, 5) is 14.5. The van der Waals surface area contributed by atoms with Gasteiger partial charge in [0.2, 0.25) is 5.91 Å². The van der Waals surface area contributed by atoms with Crippen LogP contribution in [0.25, 0.3) is 0 Å². The van der Waals surface area contributed by atoms with Crippen LogP contribution in [0.15, 0.2) is 18.2 Å². The predicted molar refractivity (Wildman–Crippen MR) is 70.9 cm³/mol. The molecular weight excluding hydrogens is 228 g/mol. The number of nitrogens with zero attached hydrogens (tertiary/aromatic N) is 1. The van der Waals surface area contributed by atoms with Crippen LogP contribution < -0.4 is 10.2 Å². The van der Waals surface area contributed by atoms with Gasteiger partial charge in [0.15, 0.2) is 0 Å². The third kappa shape index (κ3) is 1.64. The van der Waals surface area contributed by atoms with Crippen molar-refractivity contribution in [2.45, 2.75) is 25.7 Å². The Labute approximate surface area is 107 Å². The van der Waals surface area contributed by atoms with Gasteiger partial charge in [0.1, 0.15) is 5.75 Å². The summed E-state index contributed by atoms with van der Waals surface area (Å²) in [6, 6.07) is 5.09. The van der Waals surface area contributed by atoms with Crippen LogP contribution in [0.2, 0.25) is 0 Å². The highest BCUT2D eigenvalue weighted by Crippen LogP contribution is 2.44. The molecule has 0 unspecified atom stereocenters. The van der Waals surface area contributed by atoms with Gasteiger partial charge in [-0.05, 0) is 25.0 Å². The zero-order chi connectivity index (χ0) is 12.8. The lowest BCUT2D eigenvalue weighted by Gasteiger charge is -2.29. The molecule has 4 heteroatoms. The van der Waals surface area contributed by atoms with Crippen LogP contribution in [0.3, 0.4) is 0 Å². The maximum Gasteiger partial charge on any atom is 0.232 e. The molecule has 2 aliphatic rings. The predicted octanol–water partition coefficient (Wildman–Crippen LogP) is 2.34. The molecule has 0 atom stereocenters. The molecule has 18 heavy (non-hydrogen) atoms. The van der Waals surface area contributed by atoms with Crippen LogP contribution in [-0.2, 0) is 4.79 Å². The van der Waals surface area contributed by atoms with E-state index in [1.807, 2.05) is 7.05 Å². The molecule has 1 aromatic carbocycles. The van der Waals surface area contributed by atoms with Crippen LogP contribution in [0, 0.1) is 5.41 Å². The van der Waals surface area contributed by atoms with E-state index in [0.29, 0.717) is 0 Å². The summed E-state index contributed by atoms with van der Waals surface area (Å²) in [6.45, 7) is 0.731. The largest absolute Gasteiger partial charge is 0.508 e. The summed E-state index contributed by atoms with van der Waals surface area (Å²) in [5, 5.41) is 12.6. The van der Waals surface area contributed by atoms with Gasteiger partial charge in [0.05, 0.1) is 16.8 Å². The van der Waals surface area contributed by atoms with Crippen molar-refractivity contribution in [1.82, 2.24) is 0 Å². The Bertz CT molecular complexity index is 493. The normalized spacial score (nSPS) is 21.6. The summed E-state index contributed by atoms with van der Waals surface area (Å²) in [5.41, 5.74) is 1.44. The zero-order valence-corrected chi connectivity index (χ0v) is 10.6. The number of amides is 1. The number of aromatic hydroxyl groups is 1. The molecule has 1 aliphatic carbocycles. The van der Waals surface area contributed by atoms with Gasteiger partial charge in [-0.25, -0.2) is 0 Å². The first-order valence-electron chi connectivity index (χ1n) is 6.46. The van der Waals surface area contributed by atoms with Crippen LogP contribution in [-0.4, -0.2) is 24.6 Å². The SMILES string of the molecule is CN1CC2(CCCC2)C(=O)Nc2ccc(O)cc21. The number of rotatable bonds is 0. The van der Waals surface area contributed by atoms with Crippen molar-refractivity contribution in [2.75, 3.05) is 23.8 Å². The Morgan fingerprint density at radius 1 is 1.33 bits per heavy atom. The second-order valence-corrected chi connectivity index (χ2v) is 5.50. The molecule has 3 rings (SSSR count). The molecule has 0 saturated heterocycles. The van der Waals surface area contributed by atoms with Gasteiger partial charge in [0, 0.05) is 19.7 Å². The number of phenolic OH excluding ortho intramolecular Hbond substituents is 1. The van der Waals surface area contributed by atoms with E-state index >= 15 is 0 Å². The molecule has 1 aromatic rings. The molecule has 1 aliphatic heterocycles. The molecule has 1 fully saturated rings. The fourth-order valence-corrected chi connectivity index (χ4v) is 3.24. The minimum Gasteiger partial charge on any atom is -0.508 e. The van der Waals surface area contributed by atoms with E-state index in [-0.39, 0.29) is 17.1 Å². The van der Waals surface area contributed by atoms with E-state index in [4.69, 9.17) is 0 Å². The lowest BCUT2D eigenvalue weighted by Crippen LogP contribution is -2.40. The van der Waals surface area contributed by atoms with E-state index in [1.165, 1.54) is 0 Å². The Balaban J connectivity index is 2.03. The molecule has 0 bridgehead atoms. The van der Waals surface area contributed by atoms with E-state index in [1.54, 1.807) is 18.2 Å². The summed E-state index contributed by atoms with van der Waals surface area (Å²) in [5.74, 6) is 0.369.